The van der Waals surface area contributed by atoms with Crippen molar-refractivity contribution in [3.05, 3.63) is 106 Å². The third kappa shape index (κ3) is 4.40. The van der Waals surface area contributed by atoms with Gasteiger partial charge in [0.25, 0.3) is 11.8 Å². The van der Waals surface area contributed by atoms with Crippen molar-refractivity contribution in [3.8, 4) is 5.69 Å². The molecule has 0 saturated heterocycles. The standard InChI is InChI=1S/C25H21ClN4O2/c1-16-12-13-18(14-17(16)2)28-25(32)21-15-27-30(19-8-4-3-5-9-19)23(21)29-24(31)20-10-6-7-11-22(20)26/h3-15H,1-2H3,(H,28,32)(H,29,31). The Morgan fingerprint density at radius 3 is 2.22 bits per heavy atom. The van der Waals surface area contributed by atoms with Gasteiger partial charge in [0, 0.05) is 5.69 Å². The summed E-state index contributed by atoms with van der Waals surface area (Å²) in [5, 5.41) is 10.4. The Morgan fingerprint density at radius 1 is 0.812 bits per heavy atom. The summed E-state index contributed by atoms with van der Waals surface area (Å²) in [5.74, 6) is -0.569. The van der Waals surface area contributed by atoms with Crippen LogP contribution in [0.2, 0.25) is 5.02 Å². The van der Waals surface area contributed by atoms with Crippen LogP contribution < -0.4 is 10.6 Å². The number of carbonyl (C=O) groups is 2. The van der Waals surface area contributed by atoms with Gasteiger partial charge in [0.05, 0.1) is 22.5 Å². The second-order valence-corrected chi connectivity index (χ2v) is 7.75. The molecule has 0 radical (unpaired) electrons. The molecule has 2 N–H and O–H groups in total. The van der Waals surface area contributed by atoms with Gasteiger partial charge in [-0.1, -0.05) is 48.0 Å². The van der Waals surface area contributed by atoms with Gasteiger partial charge in [-0.3, -0.25) is 9.59 Å². The molecular formula is C25H21ClN4O2. The van der Waals surface area contributed by atoms with E-state index in [4.69, 9.17) is 11.6 Å². The van der Waals surface area contributed by atoms with E-state index in [1.807, 2.05) is 62.4 Å². The number of hydrogen-bond acceptors (Lipinski definition) is 3. The van der Waals surface area contributed by atoms with E-state index in [1.165, 1.54) is 10.9 Å². The molecule has 0 aliphatic heterocycles. The first-order chi connectivity index (χ1) is 15.4. The van der Waals surface area contributed by atoms with Gasteiger partial charge in [-0.15, -0.1) is 0 Å². The minimum absolute atomic E-state index is 0.229. The van der Waals surface area contributed by atoms with Crippen LogP contribution in [0.3, 0.4) is 0 Å². The van der Waals surface area contributed by atoms with Gasteiger partial charge in [-0.05, 0) is 61.4 Å². The zero-order valence-electron chi connectivity index (χ0n) is 17.6. The highest BCUT2D eigenvalue weighted by Gasteiger charge is 2.22. The van der Waals surface area contributed by atoms with E-state index in [-0.39, 0.29) is 17.3 Å². The number of anilines is 2. The molecule has 2 amide bonds. The fourth-order valence-electron chi connectivity index (χ4n) is 3.24. The fourth-order valence-corrected chi connectivity index (χ4v) is 3.46. The summed E-state index contributed by atoms with van der Waals surface area (Å²) in [7, 11) is 0. The molecule has 0 aliphatic carbocycles. The second kappa shape index (κ2) is 9.08. The minimum atomic E-state index is -0.437. The van der Waals surface area contributed by atoms with Crippen LogP contribution in [0.25, 0.3) is 5.69 Å². The van der Waals surface area contributed by atoms with E-state index < -0.39 is 5.91 Å². The summed E-state index contributed by atoms with van der Waals surface area (Å²) in [6.45, 7) is 3.99. The van der Waals surface area contributed by atoms with Crippen LogP contribution in [-0.4, -0.2) is 21.6 Å². The highest BCUT2D eigenvalue weighted by molar-refractivity contribution is 6.34. The van der Waals surface area contributed by atoms with Crippen LogP contribution in [0.4, 0.5) is 11.5 Å². The predicted octanol–water partition coefficient (Wildman–Crippen LogP) is 5.65. The smallest absolute Gasteiger partial charge is 0.261 e. The molecule has 0 unspecified atom stereocenters. The van der Waals surface area contributed by atoms with Gasteiger partial charge >= 0.3 is 0 Å². The lowest BCUT2D eigenvalue weighted by Crippen LogP contribution is -2.20. The summed E-state index contributed by atoms with van der Waals surface area (Å²) in [5.41, 5.74) is 4.09. The molecule has 160 valence electrons. The molecule has 0 aliphatic rings. The SMILES string of the molecule is Cc1ccc(NC(=O)c2cnn(-c3ccccc3)c2NC(=O)c2ccccc2Cl)cc1C. The number of nitrogens with zero attached hydrogens (tertiary/aromatic N) is 2. The molecule has 0 bridgehead atoms. The van der Waals surface area contributed by atoms with E-state index in [2.05, 4.69) is 15.7 Å². The largest absolute Gasteiger partial charge is 0.322 e. The molecule has 4 aromatic rings. The monoisotopic (exact) mass is 444 g/mol. The van der Waals surface area contributed by atoms with Crippen LogP contribution in [0.15, 0.2) is 79.0 Å². The Bertz CT molecular complexity index is 1300. The molecule has 0 fully saturated rings. The second-order valence-electron chi connectivity index (χ2n) is 7.34. The summed E-state index contributed by atoms with van der Waals surface area (Å²) in [6, 6.07) is 21.7. The lowest BCUT2D eigenvalue weighted by molar-refractivity contribution is 0.102. The van der Waals surface area contributed by atoms with Crippen LogP contribution in [-0.2, 0) is 0 Å². The maximum atomic E-state index is 13.1. The first-order valence-electron chi connectivity index (χ1n) is 10.0. The van der Waals surface area contributed by atoms with Gasteiger partial charge in [0.2, 0.25) is 0 Å². The van der Waals surface area contributed by atoms with Gasteiger partial charge in [0.1, 0.15) is 11.4 Å². The number of carbonyl (C=O) groups excluding carboxylic acids is 2. The highest BCUT2D eigenvalue weighted by atomic mass is 35.5. The van der Waals surface area contributed by atoms with E-state index >= 15 is 0 Å². The Labute approximate surface area is 190 Å². The normalized spacial score (nSPS) is 10.6. The van der Waals surface area contributed by atoms with Gasteiger partial charge < -0.3 is 10.6 Å². The molecule has 0 saturated carbocycles. The van der Waals surface area contributed by atoms with Crippen LogP contribution in [0.5, 0.6) is 0 Å². The van der Waals surface area contributed by atoms with Gasteiger partial charge in [-0.25, -0.2) is 4.68 Å². The summed E-state index contributed by atoms with van der Waals surface area (Å²) in [4.78, 5) is 26.1. The zero-order valence-corrected chi connectivity index (χ0v) is 18.4. The first kappa shape index (κ1) is 21.3. The summed E-state index contributed by atoms with van der Waals surface area (Å²) < 4.78 is 1.52. The number of rotatable bonds is 5. The maximum absolute atomic E-state index is 13.1. The number of para-hydroxylation sites is 1. The Balaban J connectivity index is 1.71. The van der Waals surface area contributed by atoms with Crippen molar-refractivity contribution in [2.45, 2.75) is 13.8 Å². The van der Waals surface area contributed by atoms with Crippen LogP contribution in [0.1, 0.15) is 31.8 Å². The third-order valence-electron chi connectivity index (χ3n) is 5.13. The van der Waals surface area contributed by atoms with Crippen molar-refractivity contribution < 1.29 is 9.59 Å². The van der Waals surface area contributed by atoms with Crippen molar-refractivity contribution in [1.82, 2.24) is 9.78 Å². The number of benzene rings is 3. The molecule has 7 heteroatoms. The van der Waals surface area contributed by atoms with Crippen LogP contribution in [0, 0.1) is 13.8 Å². The molecule has 0 spiro atoms. The van der Waals surface area contributed by atoms with E-state index in [0.717, 1.165) is 11.1 Å². The Morgan fingerprint density at radius 2 is 1.50 bits per heavy atom. The van der Waals surface area contributed by atoms with E-state index in [1.54, 1.807) is 24.3 Å². The average molecular weight is 445 g/mol. The number of aromatic nitrogens is 2. The molecule has 1 heterocycles. The quantitative estimate of drug-likeness (QED) is 0.417. The van der Waals surface area contributed by atoms with Crippen LogP contribution >= 0.6 is 11.6 Å². The van der Waals surface area contributed by atoms with Gasteiger partial charge in [0.15, 0.2) is 0 Å². The molecule has 3 aromatic carbocycles. The first-order valence-corrected chi connectivity index (χ1v) is 10.4. The number of amides is 2. The lowest BCUT2D eigenvalue weighted by atomic mass is 10.1. The van der Waals surface area contributed by atoms with Crippen molar-refractivity contribution in [2.24, 2.45) is 0 Å². The molecule has 0 atom stereocenters. The van der Waals surface area contributed by atoms with Crippen molar-refractivity contribution in [1.29, 1.82) is 0 Å². The maximum Gasteiger partial charge on any atom is 0.261 e. The number of hydrogen-bond donors (Lipinski definition) is 2. The van der Waals surface area contributed by atoms with Crippen molar-refractivity contribution in [3.63, 3.8) is 0 Å². The van der Waals surface area contributed by atoms with Crippen molar-refractivity contribution in [2.75, 3.05) is 10.6 Å². The van der Waals surface area contributed by atoms with E-state index in [9.17, 15) is 9.59 Å². The average Bonchev–Trinajstić information content (AvgIpc) is 3.20. The van der Waals surface area contributed by atoms with Gasteiger partial charge in [-0.2, -0.15) is 5.10 Å². The zero-order chi connectivity index (χ0) is 22.7. The summed E-state index contributed by atoms with van der Waals surface area (Å²) >= 11 is 6.19. The Kier molecular flexibility index (Phi) is 6.05. The molecule has 6 nitrogen and oxygen atoms in total. The molecule has 32 heavy (non-hydrogen) atoms. The third-order valence-corrected chi connectivity index (χ3v) is 5.46. The molecule has 4 rings (SSSR count). The number of nitrogens with one attached hydrogen (secondary N) is 2. The Hall–Kier alpha value is -3.90. The fraction of sp³-hybridized carbons (Fsp3) is 0.0800. The molecular weight excluding hydrogens is 424 g/mol. The topological polar surface area (TPSA) is 76.0 Å². The summed E-state index contributed by atoms with van der Waals surface area (Å²) in [6.07, 6.45) is 1.44. The highest BCUT2D eigenvalue weighted by Crippen LogP contribution is 2.24. The number of aryl methyl sites for hydroxylation is 2. The predicted molar refractivity (Wildman–Crippen MR) is 127 cm³/mol. The number of halogens is 1. The van der Waals surface area contributed by atoms with Crippen molar-refractivity contribution >= 4 is 34.9 Å². The minimum Gasteiger partial charge on any atom is -0.322 e. The van der Waals surface area contributed by atoms with E-state index in [0.29, 0.717) is 22.0 Å². The molecule has 1 aromatic heterocycles. The lowest BCUT2D eigenvalue weighted by Gasteiger charge is -2.12.